The molecule has 0 aliphatic heterocycles. The Balaban J connectivity index is 1.52. The molecule has 0 atom stereocenters. The maximum Gasteiger partial charge on any atom is 0.270 e. The van der Waals surface area contributed by atoms with Gasteiger partial charge in [-0.2, -0.15) is 0 Å². The second kappa shape index (κ2) is 8.76. The summed E-state index contributed by atoms with van der Waals surface area (Å²) in [6.07, 6.45) is 2.37. The Morgan fingerprint density at radius 2 is 1.73 bits per heavy atom. The Bertz CT molecular complexity index is 851. The summed E-state index contributed by atoms with van der Waals surface area (Å²) in [4.78, 5) is 16.4. The molecule has 0 saturated heterocycles. The van der Waals surface area contributed by atoms with Gasteiger partial charge in [0.05, 0.1) is 0 Å². The number of aromatic nitrogens is 1. The van der Waals surface area contributed by atoms with Crippen molar-refractivity contribution in [2.24, 2.45) is 0 Å². The molecule has 0 spiro atoms. The van der Waals surface area contributed by atoms with Crippen LogP contribution in [0.2, 0.25) is 0 Å². The lowest BCUT2D eigenvalue weighted by Crippen LogP contribution is -2.23. The van der Waals surface area contributed by atoms with Crippen molar-refractivity contribution < 1.29 is 9.18 Å². The minimum atomic E-state index is -0.234. The second-order valence-corrected chi connectivity index (χ2v) is 5.90. The quantitative estimate of drug-likeness (QED) is 0.682. The molecule has 0 aliphatic rings. The fraction of sp³-hybridized carbons (Fsp3) is 0.143. The van der Waals surface area contributed by atoms with Crippen LogP contribution in [0.15, 0.2) is 72.9 Å². The fourth-order valence-electron chi connectivity index (χ4n) is 2.54. The number of rotatable bonds is 7. The standard InChI is InChI=1S/C21H20FN3O/c22-18-8-6-16(7-9-18)10-12-23-19-11-13-24-20(14-19)21(26)25-15-17-4-2-1-3-5-17/h1-9,11,13-14H,10,12,15H2,(H,23,24)(H,25,26). The first-order valence-corrected chi connectivity index (χ1v) is 8.47. The molecule has 1 heterocycles. The average molecular weight is 349 g/mol. The van der Waals surface area contributed by atoms with Crippen molar-refractivity contribution >= 4 is 11.6 Å². The highest BCUT2D eigenvalue weighted by molar-refractivity contribution is 5.93. The summed E-state index contributed by atoms with van der Waals surface area (Å²) in [5, 5.41) is 6.13. The van der Waals surface area contributed by atoms with Crippen LogP contribution in [-0.4, -0.2) is 17.4 Å². The van der Waals surface area contributed by atoms with Crippen LogP contribution in [0.5, 0.6) is 0 Å². The number of halogens is 1. The fourth-order valence-corrected chi connectivity index (χ4v) is 2.54. The molecule has 0 aliphatic carbocycles. The summed E-state index contributed by atoms with van der Waals surface area (Å²) >= 11 is 0. The molecule has 1 amide bonds. The molecule has 0 saturated carbocycles. The number of pyridine rings is 1. The predicted molar refractivity (Wildman–Crippen MR) is 100 cm³/mol. The van der Waals surface area contributed by atoms with Crippen molar-refractivity contribution in [2.75, 3.05) is 11.9 Å². The summed E-state index contributed by atoms with van der Waals surface area (Å²) in [6, 6.07) is 19.7. The van der Waals surface area contributed by atoms with E-state index in [1.54, 1.807) is 24.4 Å². The molecular formula is C21H20FN3O. The highest BCUT2D eigenvalue weighted by atomic mass is 19.1. The monoisotopic (exact) mass is 349 g/mol. The van der Waals surface area contributed by atoms with Crippen molar-refractivity contribution in [3.8, 4) is 0 Å². The minimum absolute atomic E-state index is 0.212. The van der Waals surface area contributed by atoms with Crippen molar-refractivity contribution in [3.05, 3.63) is 95.6 Å². The van der Waals surface area contributed by atoms with E-state index in [-0.39, 0.29) is 11.7 Å². The summed E-state index contributed by atoms with van der Waals surface area (Å²) in [5.41, 5.74) is 3.28. The van der Waals surface area contributed by atoms with Crippen LogP contribution < -0.4 is 10.6 Å². The van der Waals surface area contributed by atoms with E-state index in [0.717, 1.165) is 23.2 Å². The molecule has 1 aromatic heterocycles. The molecule has 132 valence electrons. The van der Waals surface area contributed by atoms with Gasteiger partial charge in [-0.1, -0.05) is 42.5 Å². The molecule has 2 N–H and O–H groups in total. The van der Waals surface area contributed by atoms with Gasteiger partial charge in [-0.15, -0.1) is 0 Å². The molecule has 26 heavy (non-hydrogen) atoms. The van der Waals surface area contributed by atoms with Crippen LogP contribution in [0, 0.1) is 5.82 Å². The maximum atomic E-state index is 12.9. The zero-order valence-electron chi connectivity index (χ0n) is 14.3. The van der Waals surface area contributed by atoms with Gasteiger partial charge < -0.3 is 10.6 Å². The summed E-state index contributed by atoms with van der Waals surface area (Å²) in [7, 11) is 0. The van der Waals surface area contributed by atoms with E-state index in [0.29, 0.717) is 18.8 Å². The number of hydrogen-bond acceptors (Lipinski definition) is 3. The van der Waals surface area contributed by atoms with Gasteiger partial charge in [-0.3, -0.25) is 9.78 Å². The molecule has 5 heteroatoms. The first kappa shape index (κ1) is 17.6. The zero-order chi connectivity index (χ0) is 18.2. The van der Waals surface area contributed by atoms with Crippen LogP contribution in [-0.2, 0) is 13.0 Å². The molecule has 0 unspecified atom stereocenters. The highest BCUT2D eigenvalue weighted by Gasteiger charge is 2.07. The highest BCUT2D eigenvalue weighted by Crippen LogP contribution is 2.10. The number of carbonyl (C=O) groups is 1. The predicted octanol–water partition coefficient (Wildman–Crippen LogP) is 3.81. The molecule has 0 fully saturated rings. The third-order valence-electron chi connectivity index (χ3n) is 3.94. The molecule has 3 aromatic rings. The topological polar surface area (TPSA) is 54.0 Å². The Labute approximate surface area is 152 Å². The van der Waals surface area contributed by atoms with Gasteiger partial charge in [0.25, 0.3) is 5.91 Å². The molecular weight excluding hydrogens is 329 g/mol. The van der Waals surface area contributed by atoms with Crippen LogP contribution in [0.1, 0.15) is 21.6 Å². The molecule has 0 radical (unpaired) electrons. The minimum Gasteiger partial charge on any atom is -0.385 e. The summed E-state index contributed by atoms with van der Waals surface area (Å²) in [6.45, 7) is 1.14. The lowest BCUT2D eigenvalue weighted by molar-refractivity contribution is 0.0946. The van der Waals surface area contributed by atoms with Crippen LogP contribution in [0.25, 0.3) is 0 Å². The largest absolute Gasteiger partial charge is 0.385 e. The first-order valence-electron chi connectivity index (χ1n) is 8.47. The average Bonchev–Trinajstić information content (AvgIpc) is 2.69. The number of nitrogens with zero attached hydrogens (tertiary/aromatic N) is 1. The summed E-state index contributed by atoms with van der Waals surface area (Å²) in [5.74, 6) is -0.446. The van der Waals surface area contributed by atoms with E-state index in [2.05, 4.69) is 15.6 Å². The zero-order valence-corrected chi connectivity index (χ0v) is 14.3. The lowest BCUT2D eigenvalue weighted by atomic mass is 10.1. The third kappa shape index (κ3) is 5.14. The number of benzene rings is 2. The number of carbonyl (C=O) groups excluding carboxylic acids is 1. The van der Waals surface area contributed by atoms with Crippen LogP contribution in [0.4, 0.5) is 10.1 Å². The van der Waals surface area contributed by atoms with Crippen molar-refractivity contribution in [1.29, 1.82) is 0 Å². The van der Waals surface area contributed by atoms with Crippen LogP contribution in [0.3, 0.4) is 0 Å². The molecule has 4 nitrogen and oxygen atoms in total. The van der Waals surface area contributed by atoms with E-state index in [1.165, 1.54) is 12.1 Å². The van der Waals surface area contributed by atoms with Gasteiger partial charge in [0, 0.05) is 25.0 Å². The van der Waals surface area contributed by atoms with E-state index in [4.69, 9.17) is 0 Å². The Hall–Kier alpha value is -3.21. The number of amides is 1. The van der Waals surface area contributed by atoms with E-state index >= 15 is 0 Å². The van der Waals surface area contributed by atoms with Crippen molar-refractivity contribution in [1.82, 2.24) is 10.3 Å². The second-order valence-electron chi connectivity index (χ2n) is 5.90. The van der Waals surface area contributed by atoms with Gasteiger partial charge >= 0.3 is 0 Å². The van der Waals surface area contributed by atoms with Gasteiger partial charge in [0.15, 0.2) is 0 Å². The molecule has 3 rings (SSSR count). The van der Waals surface area contributed by atoms with E-state index < -0.39 is 0 Å². The first-order chi connectivity index (χ1) is 12.7. The van der Waals surface area contributed by atoms with Crippen LogP contribution >= 0.6 is 0 Å². The normalized spacial score (nSPS) is 10.3. The Morgan fingerprint density at radius 1 is 0.962 bits per heavy atom. The van der Waals surface area contributed by atoms with Gasteiger partial charge in [0.2, 0.25) is 0 Å². The van der Waals surface area contributed by atoms with Gasteiger partial charge in [0.1, 0.15) is 11.5 Å². The number of anilines is 1. The Kier molecular flexibility index (Phi) is 5.93. The van der Waals surface area contributed by atoms with Gasteiger partial charge in [-0.25, -0.2) is 4.39 Å². The summed E-state index contributed by atoms with van der Waals surface area (Å²) < 4.78 is 12.9. The smallest absolute Gasteiger partial charge is 0.270 e. The number of hydrogen-bond donors (Lipinski definition) is 2. The SMILES string of the molecule is O=C(NCc1ccccc1)c1cc(NCCc2ccc(F)cc2)ccn1. The van der Waals surface area contributed by atoms with Crippen molar-refractivity contribution in [2.45, 2.75) is 13.0 Å². The van der Waals surface area contributed by atoms with Crippen molar-refractivity contribution in [3.63, 3.8) is 0 Å². The Morgan fingerprint density at radius 3 is 2.50 bits per heavy atom. The van der Waals surface area contributed by atoms with E-state index in [9.17, 15) is 9.18 Å². The molecule has 2 aromatic carbocycles. The lowest BCUT2D eigenvalue weighted by Gasteiger charge is -2.09. The molecule has 0 bridgehead atoms. The van der Waals surface area contributed by atoms with Gasteiger partial charge in [-0.05, 0) is 41.8 Å². The third-order valence-corrected chi connectivity index (χ3v) is 3.94. The number of nitrogens with one attached hydrogen (secondary N) is 2. The van der Waals surface area contributed by atoms with E-state index in [1.807, 2.05) is 36.4 Å². The maximum absolute atomic E-state index is 12.9.